The first-order chi connectivity index (χ1) is 9.98. The zero-order valence-corrected chi connectivity index (χ0v) is 13.8. The zero-order chi connectivity index (χ0) is 15.0. The molecule has 2 aliphatic rings. The van der Waals surface area contributed by atoms with Gasteiger partial charge in [-0.3, -0.25) is 4.90 Å². The van der Waals surface area contributed by atoms with E-state index >= 15 is 0 Å². The summed E-state index contributed by atoms with van der Waals surface area (Å²) in [4.78, 5) is 2.41. The molecule has 0 aliphatic carbocycles. The average Bonchev–Trinajstić information content (AvgIpc) is 2.97. The number of nitrogens with zero attached hydrogens (tertiary/aromatic N) is 2. The van der Waals surface area contributed by atoms with Gasteiger partial charge in [0.05, 0.1) is 5.75 Å². The van der Waals surface area contributed by atoms with E-state index in [9.17, 15) is 8.42 Å². The van der Waals surface area contributed by atoms with E-state index in [0.29, 0.717) is 24.9 Å². The van der Waals surface area contributed by atoms with Crippen LogP contribution in [0.2, 0.25) is 5.02 Å². The first-order valence-electron chi connectivity index (χ1n) is 7.42. The Labute approximate surface area is 131 Å². The normalized spacial score (nSPS) is 27.1. The van der Waals surface area contributed by atoms with Crippen molar-refractivity contribution in [2.75, 3.05) is 31.9 Å². The Bertz CT molecular complexity index is 606. The van der Waals surface area contributed by atoms with Gasteiger partial charge in [0.2, 0.25) is 10.0 Å². The molecule has 0 radical (unpaired) electrons. The summed E-state index contributed by atoms with van der Waals surface area (Å²) in [5.41, 5.74) is 1.22. The lowest BCUT2D eigenvalue weighted by molar-refractivity contribution is 0.290. The second-order valence-corrected chi connectivity index (χ2v) is 8.76. The number of sulfonamides is 1. The molecule has 0 aromatic heterocycles. The third-order valence-corrected chi connectivity index (χ3v) is 6.63. The summed E-state index contributed by atoms with van der Waals surface area (Å²) in [7, 11) is -3.02. The summed E-state index contributed by atoms with van der Waals surface area (Å²) in [5.74, 6) is 1.16. The Morgan fingerprint density at radius 2 is 1.86 bits per heavy atom. The maximum Gasteiger partial charge on any atom is 0.213 e. The molecule has 116 valence electrons. The van der Waals surface area contributed by atoms with E-state index < -0.39 is 10.0 Å². The third kappa shape index (κ3) is 3.26. The molecule has 0 N–H and O–H groups in total. The molecule has 1 aromatic rings. The van der Waals surface area contributed by atoms with Gasteiger partial charge in [-0.05, 0) is 36.5 Å². The summed E-state index contributed by atoms with van der Waals surface area (Å²) in [5, 5.41) is 0.770. The van der Waals surface area contributed by atoms with Crippen molar-refractivity contribution in [3.63, 3.8) is 0 Å². The van der Waals surface area contributed by atoms with Crippen LogP contribution in [0.1, 0.15) is 12.5 Å². The molecule has 0 saturated carbocycles. The first kappa shape index (κ1) is 15.3. The number of benzene rings is 1. The lowest BCUT2D eigenvalue weighted by Crippen LogP contribution is -2.34. The highest BCUT2D eigenvalue weighted by Gasteiger charge is 2.43. The Hall–Kier alpha value is -0.620. The van der Waals surface area contributed by atoms with Crippen LogP contribution in [0.4, 0.5) is 0 Å². The fourth-order valence-corrected chi connectivity index (χ4v) is 4.89. The van der Waals surface area contributed by atoms with Crippen molar-refractivity contribution in [1.29, 1.82) is 0 Å². The Morgan fingerprint density at radius 1 is 1.19 bits per heavy atom. The standard InChI is InChI=1S/C15H21ClN2O2S/c1-2-21(19,20)18-10-13-8-17(9-14(13)11-18)7-12-4-3-5-15(16)6-12/h3-6,13-14H,2,7-11H2,1H3. The number of likely N-dealkylation sites (tertiary alicyclic amines) is 1. The maximum atomic E-state index is 11.9. The lowest BCUT2D eigenvalue weighted by atomic mass is 10.0. The highest BCUT2D eigenvalue weighted by molar-refractivity contribution is 7.89. The van der Waals surface area contributed by atoms with Crippen LogP contribution in [0.15, 0.2) is 24.3 Å². The van der Waals surface area contributed by atoms with Crippen molar-refractivity contribution in [1.82, 2.24) is 9.21 Å². The van der Waals surface area contributed by atoms with Crippen LogP contribution < -0.4 is 0 Å². The number of hydrogen-bond donors (Lipinski definition) is 0. The van der Waals surface area contributed by atoms with Crippen LogP contribution in [0.3, 0.4) is 0 Å². The van der Waals surface area contributed by atoms with Crippen molar-refractivity contribution in [2.24, 2.45) is 11.8 Å². The predicted octanol–water partition coefficient (Wildman–Crippen LogP) is 2.05. The zero-order valence-electron chi connectivity index (χ0n) is 12.2. The van der Waals surface area contributed by atoms with Gasteiger partial charge < -0.3 is 0 Å². The van der Waals surface area contributed by atoms with Crippen LogP contribution in [-0.2, 0) is 16.6 Å². The second kappa shape index (κ2) is 5.88. The smallest absolute Gasteiger partial charge is 0.213 e. The van der Waals surface area contributed by atoms with Crippen molar-refractivity contribution in [2.45, 2.75) is 13.5 Å². The molecule has 21 heavy (non-hydrogen) atoms. The van der Waals surface area contributed by atoms with Crippen LogP contribution in [0, 0.1) is 11.8 Å². The van der Waals surface area contributed by atoms with Crippen molar-refractivity contribution in [3.8, 4) is 0 Å². The second-order valence-electron chi connectivity index (χ2n) is 6.06. The van der Waals surface area contributed by atoms with Gasteiger partial charge in [0, 0.05) is 37.7 Å². The predicted molar refractivity (Wildman–Crippen MR) is 84.7 cm³/mol. The number of fused-ring (bicyclic) bond motifs is 1. The first-order valence-corrected chi connectivity index (χ1v) is 9.41. The van der Waals surface area contributed by atoms with Crippen molar-refractivity contribution >= 4 is 21.6 Å². The topological polar surface area (TPSA) is 40.6 Å². The van der Waals surface area contributed by atoms with E-state index in [1.165, 1.54) is 5.56 Å². The average molecular weight is 329 g/mol. The van der Waals surface area contributed by atoms with E-state index in [1.54, 1.807) is 11.2 Å². The van der Waals surface area contributed by atoms with Gasteiger partial charge in [0.1, 0.15) is 0 Å². The molecule has 3 rings (SSSR count). The summed E-state index contributed by atoms with van der Waals surface area (Å²) in [6.45, 7) is 5.95. The largest absolute Gasteiger partial charge is 0.298 e. The SMILES string of the molecule is CCS(=O)(=O)N1CC2CN(Cc3cccc(Cl)c3)CC2C1. The van der Waals surface area contributed by atoms with E-state index in [0.717, 1.165) is 24.7 Å². The van der Waals surface area contributed by atoms with Gasteiger partial charge in [-0.25, -0.2) is 12.7 Å². The summed E-state index contributed by atoms with van der Waals surface area (Å²) >= 11 is 6.02. The summed E-state index contributed by atoms with van der Waals surface area (Å²) in [6, 6.07) is 7.96. The molecule has 2 aliphatic heterocycles. The van der Waals surface area contributed by atoms with Crippen LogP contribution >= 0.6 is 11.6 Å². The number of rotatable bonds is 4. The van der Waals surface area contributed by atoms with Gasteiger partial charge in [0.25, 0.3) is 0 Å². The van der Waals surface area contributed by atoms with Gasteiger partial charge in [-0.2, -0.15) is 0 Å². The van der Waals surface area contributed by atoms with Crippen molar-refractivity contribution in [3.05, 3.63) is 34.9 Å². The molecule has 6 heteroatoms. The molecule has 2 unspecified atom stereocenters. The molecule has 0 spiro atoms. The molecule has 2 atom stereocenters. The molecule has 2 fully saturated rings. The number of hydrogen-bond acceptors (Lipinski definition) is 3. The lowest BCUT2D eigenvalue weighted by Gasteiger charge is -2.21. The minimum absolute atomic E-state index is 0.207. The van der Waals surface area contributed by atoms with Gasteiger partial charge in [-0.15, -0.1) is 0 Å². The molecular formula is C15H21ClN2O2S. The molecule has 2 saturated heterocycles. The van der Waals surface area contributed by atoms with E-state index in [4.69, 9.17) is 11.6 Å². The highest BCUT2D eigenvalue weighted by atomic mass is 35.5. The molecule has 4 nitrogen and oxygen atoms in total. The Kier molecular flexibility index (Phi) is 4.28. The van der Waals surface area contributed by atoms with Crippen molar-refractivity contribution < 1.29 is 8.42 Å². The fraction of sp³-hybridized carbons (Fsp3) is 0.600. The maximum absolute atomic E-state index is 11.9. The minimum Gasteiger partial charge on any atom is -0.298 e. The molecular weight excluding hydrogens is 308 g/mol. The number of halogens is 1. The quantitative estimate of drug-likeness (QED) is 0.849. The van der Waals surface area contributed by atoms with Gasteiger partial charge in [0.15, 0.2) is 0 Å². The molecule has 0 bridgehead atoms. The van der Waals surface area contributed by atoms with Gasteiger partial charge in [-0.1, -0.05) is 23.7 Å². The molecule has 1 aromatic carbocycles. The Morgan fingerprint density at radius 3 is 2.43 bits per heavy atom. The molecule has 0 amide bonds. The van der Waals surface area contributed by atoms with Crippen LogP contribution in [0.25, 0.3) is 0 Å². The molecule has 2 heterocycles. The summed E-state index contributed by atoms with van der Waals surface area (Å²) in [6.07, 6.45) is 0. The Balaban J connectivity index is 1.60. The summed E-state index contributed by atoms with van der Waals surface area (Å²) < 4.78 is 25.6. The van der Waals surface area contributed by atoms with Gasteiger partial charge >= 0.3 is 0 Å². The minimum atomic E-state index is -3.02. The van der Waals surface area contributed by atoms with Crippen LogP contribution in [-0.4, -0.2) is 49.6 Å². The van der Waals surface area contributed by atoms with E-state index in [1.807, 2.05) is 18.2 Å². The third-order valence-electron chi connectivity index (χ3n) is 4.58. The van der Waals surface area contributed by atoms with E-state index in [2.05, 4.69) is 11.0 Å². The highest BCUT2D eigenvalue weighted by Crippen LogP contribution is 2.33. The van der Waals surface area contributed by atoms with Crippen LogP contribution in [0.5, 0.6) is 0 Å². The monoisotopic (exact) mass is 328 g/mol. The fourth-order valence-electron chi connectivity index (χ4n) is 3.48. The van der Waals surface area contributed by atoms with E-state index in [-0.39, 0.29) is 5.75 Å².